The predicted molar refractivity (Wildman–Crippen MR) is 233 cm³/mol. The number of aromatic nitrogens is 4. The predicted octanol–water partition coefficient (Wildman–Crippen LogP) is 8.06. The van der Waals surface area contributed by atoms with Gasteiger partial charge in [0.1, 0.15) is 23.7 Å². The zero-order valence-electron chi connectivity index (χ0n) is 35.4. The summed E-state index contributed by atoms with van der Waals surface area (Å²) in [4.78, 5) is 71.3. The molecule has 17 heteroatoms. The van der Waals surface area contributed by atoms with Gasteiger partial charge in [-0.1, -0.05) is 78.9 Å². The Hall–Kier alpha value is -7.14. The fourth-order valence-corrected chi connectivity index (χ4v) is 8.63. The highest BCUT2D eigenvalue weighted by Gasteiger charge is 2.40. The van der Waals surface area contributed by atoms with Crippen LogP contribution in [0.5, 0.6) is 0 Å². The van der Waals surface area contributed by atoms with E-state index < -0.39 is 48.9 Å². The number of H-pyrrole nitrogens is 2. The maximum atomic E-state index is 13.9. The minimum absolute atomic E-state index is 0.230. The second kappa shape index (κ2) is 19.1. The maximum Gasteiger partial charge on any atom is 0.407 e. The molecule has 5 atom stereocenters. The highest BCUT2D eigenvalue weighted by molar-refractivity contribution is 5.91. The fraction of sp³-hybridized carbons (Fsp3) is 0.319. The molecule has 2 fully saturated rings. The summed E-state index contributed by atoms with van der Waals surface area (Å²) in [6.45, 7) is -0.947. The molecule has 0 radical (unpaired) electrons. The summed E-state index contributed by atoms with van der Waals surface area (Å²) in [6, 6.07) is 26.6. The third-order valence-electron chi connectivity index (χ3n) is 11.9. The number of nitrogens with zero attached hydrogens (tertiary/aromatic N) is 4. The van der Waals surface area contributed by atoms with Crippen molar-refractivity contribution in [2.24, 2.45) is 0 Å². The van der Waals surface area contributed by atoms with Crippen molar-refractivity contribution in [1.29, 1.82) is 0 Å². The number of imidazole rings is 2. The topological polar surface area (TPSA) is 184 Å². The van der Waals surface area contributed by atoms with Gasteiger partial charge in [0.05, 0.1) is 56.2 Å². The van der Waals surface area contributed by atoms with E-state index in [0.29, 0.717) is 43.1 Å². The Morgan fingerprint density at radius 2 is 1.19 bits per heavy atom. The van der Waals surface area contributed by atoms with Gasteiger partial charge in [0.25, 0.3) is 5.91 Å². The Balaban J connectivity index is 0.940. The van der Waals surface area contributed by atoms with Crippen LogP contribution in [0.4, 0.5) is 18.4 Å². The maximum absolute atomic E-state index is 13.9. The zero-order valence-corrected chi connectivity index (χ0v) is 35.4. The van der Waals surface area contributed by atoms with E-state index in [1.54, 1.807) is 29.4 Å². The van der Waals surface area contributed by atoms with Gasteiger partial charge < -0.3 is 44.6 Å². The van der Waals surface area contributed by atoms with Crippen LogP contribution < -0.4 is 10.6 Å². The SMILES string of the molecule is COC(=O)NC(C(=O)N1CCC[C@H]1c1ncc(-c2ccc3cc(-c4ccc(-c5cnc([C@@H]6CCCN6C(=O)[C@H](NC(=O)OC)c6ccccc6)[nH]5)cc4)ccc3c2)[nH]1)[C@@H](C)OC(F)F. The monoisotopic (exact) mass is 874 g/mol. The molecule has 2 aliphatic rings. The number of benzene rings is 4. The van der Waals surface area contributed by atoms with Crippen LogP contribution in [0.3, 0.4) is 0 Å². The van der Waals surface area contributed by atoms with Gasteiger partial charge in [0.15, 0.2) is 0 Å². The smallest absolute Gasteiger partial charge is 0.407 e. The largest absolute Gasteiger partial charge is 0.453 e. The van der Waals surface area contributed by atoms with Crippen molar-refractivity contribution >= 4 is 34.8 Å². The number of alkyl halides is 2. The molecule has 0 saturated carbocycles. The van der Waals surface area contributed by atoms with E-state index in [1.807, 2.05) is 42.5 Å². The first-order chi connectivity index (χ1) is 31.0. The highest BCUT2D eigenvalue weighted by Crippen LogP contribution is 2.36. The fourth-order valence-electron chi connectivity index (χ4n) is 8.63. The van der Waals surface area contributed by atoms with Crippen LogP contribution in [0.25, 0.3) is 44.4 Å². The Morgan fingerprint density at radius 3 is 1.78 bits per heavy atom. The van der Waals surface area contributed by atoms with Crippen LogP contribution in [0, 0.1) is 0 Å². The Morgan fingerprint density at radius 1 is 0.672 bits per heavy atom. The van der Waals surface area contributed by atoms with Crippen molar-refractivity contribution in [3.63, 3.8) is 0 Å². The number of hydrogen-bond acceptors (Lipinski definition) is 9. The molecule has 4 heterocycles. The standard InChI is InChI=1S/C47H48F2N8O7/c1-27(64-45(48)49)39(54-46(60)62-2)43(58)56-21-7-11-37(56)42-51-26-36(53-42)34-20-19-32-23-31(17-18-33(32)24-34)28-13-15-29(16-14-28)35-25-50-41(52-35)38-12-8-22-57(38)44(59)40(55-47(61)63-3)30-9-5-4-6-10-30/h4-6,9-10,13-20,23-27,37-40,45H,7-8,11-12,21-22H2,1-3H3,(H,50,52)(H,51,53)(H,54,60)(H,55,61)/t27-,37+,38+,39?,40-/m1/s1. The number of carbonyl (C=O) groups is 4. The molecule has 0 aliphatic carbocycles. The summed E-state index contributed by atoms with van der Waals surface area (Å²) < 4.78 is 40.2. The molecule has 4 aromatic carbocycles. The second-order valence-electron chi connectivity index (χ2n) is 15.8. The third-order valence-corrected chi connectivity index (χ3v) is 11.9. The number of aromatic amines is 2. The average molecular weight is 875 g/mol. The number of likely N-dealkylation sites (tertiary alicyclic amines) is 2. The van der Waals surface area contributed by atoms with Gasteiger partial charge in [-0.05, 0) is 77.8 Å². The van der Waals surface area contributed by atoms with Crippen molar-refractivity contribution in [3.05, 3.63) is 121 Å². The minimum atomic E-state index is -3.13. The molecule has 6 aromatic rings. The van der Waals surface area contributed by atoms with Crippen LogP contribution in [0.15, 0.2) is 103 Å². The molecular weight excluding hydrogens is 827 g/mol. The van der Waals surface area contributed by atoms with Gasteiger partial charge in [-0.25, -0.2) is 19.6 Å². The summed E-state index contributed by atoms with van der Waals surface area (Å²) in [7, 11) is 2.39. The summed E-state index contributed by atoms with van der Waals surface area (Å²) in [5.41, 5.74) is 6.13. The molecule has 2 saturated heterocycles. The number of methoxy groups -OCH3 is 2. The molecule has 332 valence electrons. The molecule has 4 amide bonds. The minimum Gasteiger partial charge on any atom is -0.453 e. The summed E-state index contributed by atoms with van der Waals surface area (Å²) in [6.07, 6.45) is 3.33. The van der Waals surface area contributed by atoms with E-state index in [2.05, 4.69) is 71.5 Å². The molecule has 0 spiro atoms. The van der Waals surface area contributed by atoms with Crippen LogP contribution >= 0.6 is 0 Å². The molecule has 15 nitrogen and oxygen atoms in total. The lowest BCUT2D eigenvalue weighted by molar-refractivity contribution is -0.171. The summed E-state index contributed by atoms with van der Waals surface area (Å²) >= 11 is 0. The number of fused-ring (bicyclic) bond motifs is 1. The van der Waals surface area contributed by atoms with Crippen molar-refractivity contribution in [1.82, 2.24) is 40.4 Å². The molecule has 2 aromatic heterocycles. The zero-order chi connectivity index (χ0) is 44.9. The van der Waals surface area contributed by atoms with E-state index >= 15 is 0 Å². The lowest BCUT2D eigenvalue weighted by Gasteiger charge is -2.30. The van der Waals surface area contributed by atoms with Crippen molar-refractivity contribution in [2.75, 3.05) is 27.3 Å². The number of nitrogens with one attached hydrogen (secondary N) is 4. The Kier molecular flexibility index (Phi) is 13.0. The van der Waals surface area contributed by atoms with Crippen LogP contribution in [0.1, 0.15) is 67.9 Å². The van der Waals surface area contributed by atoms with Gasteiger partial charge in [-0.15, -0.1) is 0 Å². The van der Waals surface area contributed by atoms with Gasteiger partial charge in [0.2, 0.25) is 5.91 Å². The van der Waals surface area contributed by atoms with E-state index in [-0.39, 0.29) is 11.9 Å². The first-order valence-corrected chi connectivity index (χ1v) is 21.0. The molecular formula is C47H48F2N8O7. The molecule has 4 N–H and O–H groups in total. The normalized spacial score (nSPS) is 17.6. The molecule has 2 aliphatic heterocycles. The van der Waals surface area contributed by atoms with Crippen molar-refractivity contribution < 1.29 is 42.2 Å². The van der Waals surface area contributed by atoms with Crippen LogP contribution in [0.2, 0.25) is 0 Å². The van der Waals surface area contributed by atoms with Gasteiger partial charge in [-0.2, -0.15) is 8.78 Å². The van der Waals surface area contributed by atoms with E-state index in [1.165, 1.54) is 18.9 Å². The van der Waals surface area contributed by atoms with Gasteiger partial charge in [-0.3, -0.25) is 9.59 Å². The number of carbonyl (C=O) groups excluding carboxylic acids is 4. The quantitative estimate of drug-likeness (QED) is 0.0892. The summed E-state index contributed by atoms with van der Waals surface area (Å²) in [5, 5.41) is 7.10. The lowest BCUT2D eigenvalue weighted by atomic mass is 9.98. The van der Waals surface area contributed by atoms with Gasteiger partial charge >= 0.3 is 18.8 Å². The molecule has 0 bridgehead atoms. The third kappa shape index (κ3) is 9.29. The molecule has 64 heavy (non-hydrogen) atoms. The number of halogens is 2. The molecule has 8 rings (SSSR count). The lowest BCUT2D eigenvalue weighted by Crippen LogP contribution is -2.54. The number of alkyl carbamates (subject to hydrolysis) is 2. The van der Waals surface area contributed by atoms with Crippen molar-refractivity contribution in [3.8, 4) is 33.6 Å². The van der Waals surface area contributed by atoms with Crippen molar-refractivity contribution in [2.45, 2.75) is 69.5 Å². The average Bonchev–Trinajstić information content (AvgIpc) is 4.17. The second-order valence-corrected chi connectivity index (χ2v) is 15.8. The van der Waals surface area contributed by atoms with E-state index in [4.69, 9.17) is 9.72 Å². The number of hydrogen-bond donors (Lipinski definition) is 4. The first kappa shape index (κ1) is 43.5. The number of amides is 4. The number of ether oxygens (including phenoxy) is 3. The Bertz CT molecular complexity index is 2620. The first-order valence-electron chi connectivity index (χ1n) is 21.0. The number of rotatable bonds is 13. The van der Waals surface area contributed by atoms with E-state index in [9.17, 15) is 28.0 Å². The highest BCUT2D eigenvalue weighted by atomic mass is 19.3. The van der Waals surface area contributed by atoms with Crippen LogP contribution in [-0.4, -0.2) is 99.8 Å². The molecule has 1 unspecified atom stereocenters. The van der Waals surface area contributed by atoms with Gasteiger partial charge in [0, 0.05) is 18.7 Å². The van der Waals surface area contributed by atoms with E-state index in [0.717, 1.165) is 64.4 Å². The Labute approximate surface area is 367 Å². The van der Waals surface area contributed by atoms with Crippen LogP contribution in [-0.2, 0) is 23.8 Å². The summed E-state index contributed by atoms with van der Waals surface area (Å²) in [5.74, 6) is 0.422.